The summed E-state index contributed by atoms with van der Waals surface area (Å²) in [7, 11) is 0. The van der Waals surface area contributed by atoms with Gasteiger partial charge in [-0.05, 0) is 47.7 Å². The zero-order valence-electron chi connectivity index (χ0n) is 19.6. The van der Waals surface area contributed by atoms with Crippen LogP contribution >= 0.6 is 0 Å². The van der Waals surface area contributed by atoms with Crippen LogP contribution in [-0.4, -0.2) is 34.6 Å². The van der Waals surface area contributed by atoms with Crippen LogP contribution in [0.25, 0.3) is 10.9 Å². The standard InChI is InChI=1S/C27H27N3O4/c1-15(2)9-10-29-12-18-24(17-7-8-22-23(11-17)34-14-33-22)26-20(13-30(16(3)31)27(26)32)28-19-5-4-6-21(29)25(18)19/h4-8,11-12,15,24,28H,9-10,13-14H2,1-3H3/t24-/m1/s1. The van der Waals surface area contributed by atoms with E-state index in [1.54, 1.807) is 0 Å². The van der Waals surface area contributed by atoms with Gasteiger partial charge in [-0.2, -0.15) is 0 Å². The number of imide groups is 1. The van der Waals surface area contributed by atoms with E-state index in [2.05, 4.69) is 36.0 Å². The van der Waals surface area contributed by atoms with Crippen molar-refractivity contribution in [3.63, 3.8) is 0 Å². The van der Waals surface area contributed by atoms with Crippen LogP contribution in [0.4, 0.5) is 5.69 Å². The maximum Gasteiger partial charge on any atom is 0.259 e. The monoisotopic (exact) mass is 457 g/mol. The van der Waals surface area contributed by atoms with Gasteiger partial charge in [-0.25, -0.2) is 0 Å². The van der Waals surface area contributed by atoms with Gasteiger partial charge in [0.2, 0.25) is 12.7 Å². The molecular weight excluding hydrogens is 430 g/mol. The summed E-state index contributed by atoms with van der Waals surface area (Å²) in [4.78, 5) is 27.2. The maximum absolute atomic E-state index is 13.6. The van der Waals surface area contributed by atoms with E-state index in [0.29, 0.717) is 23.0 Å². The summed E-state index contributed by atoms with van der Waals surface area (Å²) in [6, 6.07) is 12.1. The molecule has 0 radical (unpaired) electrons. The summed E-state index contributed by atoms with van der Waals surface area (Å²) in [6.45, 7) is 7.22. The number of fused-ring (bicyclic) bond motifs is 1. The van der Waals surface area contributed by atoms with Crippen molar-refractivity contribution < 1.29 is 19.1 Å². The fourth-order valence-corrected chi connectivity index (χ4v) is 5.30. The number of amides is 2. The number of nitrogens with zero attached hydrogens (tertiary/aromatic N) is 2. The fraction of sp³-hybridized carbons (Fsp3) is 0.333. The molecule has 34 heavy (non-hydrogen) atoms. The van der Waals surface area contributed by atoms with Crippen LogP contribution in [0.3, 0.4) is 0 Å². The van der Waals surface area contributed by atoms with Crippen molar-refractivity contribution in [3.05, 3.63) is 65.0 Å². The minimum Gasteiger partial charge on any atom is -0.454 e. The summed E-state index contributed by atoms with van der Waals surface area (Å²) in [6.07, 6.45) is 3.24. The smallest absolute Gasteiger partial charge is 0.259 e. The molecule has 2 aromatic carbocycles. The Morgan fingerprint density at radius 1 is 1.18 bits per heavy atom. The summed E-state index contributed by atoms with van der Waals surface area (Å²) in [5.41, 5.74) is 5.50. The summed E-state index contributed by atoms with van der Waals surface area (Å²) in [5.74, 6) is 1.13. The number of aryl methyl sites for hydroxylation is 1. The molecule has 3 aromatic rings. The van der Waals surface area contributed by atoms with E-state index < -0.39 is 0 Å². The number of hydrogen-bond donors (Lipinski definition) is 1. The number of benzene rings is 2. The summed E-state index contributed by atoms with van der Waals surface area (Å²) < 4.78 is 13.5. The lowest BCUT2D eigenvalue weighted by Gasteiger charge is -2.19. The molecule has 1 atom stereocenters. The van der Waals surface area contributed by atoms with Crippen molar-refractivity contribution in [2.45, 2.75) is 39.7 Å². The van der Waals surface area contributed by atoms with Crippen LogP contribution in [0.15, 0.2) is 53.9 Å². The van der Waals surface area contributed by atoms with Gasteiger partial charge in [0.25, 0.3) is 5.91 Å². The molecule has 3 aliphatic rings. The van der Waals surface area contributed by atoms with Gasteiger partial charge in [0.05, 0.1) is 17.6 Å². The van der Waals surface area contributed by atoms with E-state index in [1.807, 2.05) is 30.3 Å². The molecule has 1 N–H and O–H groups in total. The second-order valence-corrected chi connectivity index (χ2v) is 9.63. The van der Waals surface area contributed by atoms with Gasteiger partial charge in [0.1, 0.15) is 0 Å². The first-order valence-electron chi connectivity index (χ1n) is 11.8. The quantitative estimate of drug-likeness (QED) is 0.619. The number of ether oxygens (including phenoxy) is 2. The van der Waals surface area contributed by atoms with Gasteiger partial charge < -0.3 is 19.4 Å². The molecular formula is C27H27N3O4. The minimum atomic E-state index is -0.333. The Balaban J connectivity index is 1.58. The summed E-state index contributed by atoms with van der Waals surface area (Å²) >= 11 is 0. The normalized spacial score (nSPS) is 18.5. The molecule has 7 heteroatoms. The van der Waals surface area contributed by atoms with Crippen molar-refractivity contribution in [2.75, 3.05) is 18.7 Å². The van der Waals surface area contributed by atoms with Crippen LogP contribution in [0.1, 0.15) is 44.2 Å². The average molecular weight is 458 g/mol. The van der Waals surface area contributed by atoms with Crippen LogP contribution < -0.4 is 14.8 Å². The Morgan fingerprint density at radius 2 is 2.00 bits per heavy atom. The Labute approximate surface area is 197 Å². The lowest BCUT2D eigenvalue weighted by Crippen LogP contribution is -2.33. The number of carbonyl (C=O) groups excluding carboxylic acids is 2. The Morgan fingerprint density at radius 3 is 2.79 bits per heavy atom. The van der Waals surface area contributed by atoms with Gasteiger partial charge in [-0.15, -0.1) is 0 Å². The number of nitrogens with one attached hydrogen (secondary N) is 1. The molecule has 0 bridgehead atoms. The van der Waals surface area contributed by atoms with E-state index >= 15 is 0 Å². The van der Waals surface area contributed by atoms with Crippen LogP contribution in [-0.2, 0) is 16.1 Å². The predicted octanol–water partition coefficient (Wildman–Crippen LogP) is 4.62. The van der Waals surface area contributed by atoms with Gasteiger partial charge in [0, 0.05) is 42.4 Å². The third kappa shape index (κ3) is 3.10. The molecule has 7 nitrogen and oxygen atoms in total. The number of rotatable bonds is 4. The zero-order valence-corrected chi connectivity index (χ0v) is 19.6. The van der Waals surface area contributed by atoms with Gasteiger partial charge in [-0.1, -0.05) is 26.0 Å². The molecule has 0 fully saturated rings. The Hall–Kier alpha value is -3.74. The van der Waals surface area contributed by atoms with Crippen molar-refractivity contribution in [3.8, 4) is 11.5 Å². The topological polar surface area (TPSA) is 72.8 Å². The Kier molecular flexibility index (Phi) is 4.69. The first-order valence-corrected chi connectivity index (χ1v) is 11.8. The van der Waals surface area contributed by atoms with E-state index in [4.69, 9.17) is 9.47 Å². The van der Waals surface area contributed by atoms with Crippen molar-refractivity contribution >= 4 is 28.4 Å². The fourth-order valence-electron chi connectivity index (χ4n) is 5.30. The molecule has 0 aliphatic carbocycles. The lowest BCUT2D eigenvalue weighted by molar-refractivity contribution is -0.139. The molecule has 0 unspecified atom stereocenters. The zero-order chi connectivity index (χ0) is 23.6. The van der Waals surface area contributed by atoms with Crippen molar-refractivity contribution in [1.29, 1.82) is 0 Å². The molecule has 3 aliphatic heterocycles. The molecule has 4 heterocycles. The third-order valence-electron chi connectivity index (χ3n) is 7.00. The van der Waals surface area contributed by atoms with Crippen LogP contribution in [0, 0.1) is 5.92 Å². The third-order valence-corrected chi connectivity index (χ3v) is 7.00. The molecule has 6 rings (SSSR count). The Bertz CT molecular complexity index is 1380. The first-order chi connectivity index (χ1) is 16.4. The van der Waals surface area contributed by atoms with E-state index in [9.17, 15) is 9.59 Å². The predicted molar refractivity (Wildman–Crippen MR) is 129 cm³/mol. The second-order valence-electron chi connectivity index (χ2n) is 9.63. The van der Waals surface area contributed by atoms with Crippen molar-refractivity contribution in [1.82, 2.24) is 9.47 Å². The average Bonchev–Trinajstić information content (AvgIpc) is 3.48. The van der Waals surface area contributed by atoms with Gasteiger partial charge in [-0.3, -0.25) is 14.5 Å². The van der Waals surface area contributed by atoms with E-state index in [1.165, 1.54) is 11.8 Å². The molecule has 2 amide bonds. The molecule has 0 spiro atoms. The molecule has 174 valence electrons. The van der Waals surface area contributed by atoms with E-state index in [0.717, 1.165) is 46.4 Å². The minimum absolute atomic E-state index is 0.189. The number of hydrogen-bond acceptors (Lipinski definition) is 5. The maximum atomic E-state index is 13.6. The summed E-state index contributed by atoms with van der Waals surface area (Å²) in [5, 5.41) is 4.64. The largest absolute Gasteiger partial charge is 0.454 e. The van der Waals surface area contributed by atoms with Gasteiger partial charge in [0.15, 0.2) is 11.5 Å². The molecule has 1 aromatic heterocycles. The van der Waals surface area contributed by atoms with Crippen LogP contribution in [0.5, 0.6) is 11.5 Å². The highest BCUT2D eigenvalue weighted by atomic mass is 16.7. The highest BCUT2D eigenvalue weighted by molar-refractivity contribution is 6.11. The molecule has 0 saturated heterocycles. The lowest BCUT2D eigenvalue weighted by atomic mass is 9.84. The highest BCUT2D eigenvalue weighted by Crippen LogP contribution is 2.48. The SMILES string of the molecule is CC(=O)N1CC2=C(C1=O)[C@H](c1ccc3c(c1)OCO3)c1cn(CCC(C)C)c3cccc(c13)N2. The number of carbonyl (C=O) groups is 2. The first kappa shape index (κ1) is 20.8. The second kappa shape index (κ2) is 7.65. The number of anilines is 1. The molecule has 0 saturated carbocycles. The van der Waals surface area contributed by atoms with E-state index in [-0.39, 0.29) is 31.1 Å². The van der Waals surface area contributed by atoms with Gasteiger partial charge >= 0.3 is 0 Å². The van der Waals surface area contributed by atoms with Crippen molar-refractivity contribution in [2.24, 2.45) is 5.92 Å². The van der Waals surface area contributed by atoms with Crippen LogP contribution in [0.2, 0.25) is 0 Å². The highest BCUT2D eigenvalue weighted by Gasteiger charge is 2.42. The number of aromatic nitrogens is 1.